The second kappa shape index (κ2) is 7.09. The highest BCUT2D eigenvalue weighted by atomic mass is 32.1. The van der Waals surface area contributed by atoms with Gasteiger partial charge in [-0.25, -0.2) is 4.98 Å². The maximum Gasteiger partial charge on any atom is 0.122 e. The van der Waals surface area contributed by atoms with Crippen LogP contribution in [0, 0.1) is 12.8 Å². The number of thiazole rings is 1. The number of nitrogens with zero attached hydrogens (tertiary/aromatic N) is 1. The molecule has 1 aromatic heterocycles. The van der Waals surface area contributed by atoms with Crippen LogP contribution in [0.1, 0.15) is 49.4 Å². The van der Waals surface area contributed by atoms with Crippen molar-refractivity contribution in [3.63, 3.8) is 0 Å². The Kier molecular flexibility index (Phi) is 6.09. The maximum absolute atomic E-state index is 5.79. The first-order valence-corrected chi connectivity index (χ1v) is 7.20. The number of hydrogen-bond donors (Lipinski definition) is 1. The van der Waals surface area contributed by atoms with Crippen molar-refractivity contribution < 1.29 is 4.74 Å². The van der Waals surface area contributed by atoms with Crippen molar-refractivity contribution in [3.05, 3.63) is 15.6 Å². The summed E-state index contributed by atoms with van der Waals surface area (Å²) in [7, 11) is 0. The second-order valence-electron chi connectivity index (χ2n) is 4.46. The zero-order chi connectivity index (χ0) is 12.8. The predicted molar refractivity (Wildman–Crippen MR) is 73.4 cm³/mol. The van der Waals surface area contributed by atoms with Crippen LogP contribution < -0.4 is 5.32 Å². The van der Waals surface area contributed by atoms with Gasteiger partial charge in [0.1, 0.15) is 11.1 Å². The number of rotatable bonds is 7. The van der Waals surface area contributed by atoms with Crippen LogP contribution in [-0.2, 0) is 11.3 Å². The standard InChI is InChI=1S/C13H24N2OS/c1-6-14-8-11-10(5)15-13(17-11)12(9(3)4)16-7-2/h9,12,14H,6-8H2,1-5H3. The van der Waals surface area contributed by atoms with Gasteiger partial charge in [-0.3, -0.25) is 0 Å². The van der Waals surface area contributed by atoms with Crippen molar-refractivity contribution in [2.45, 2.75) is 47.3 Å². The van der Waals surface area contributed by atoms with E-state index in [0.717, 1.165) is 30.4 Å². The predicted octanol–water partition coefficient (Wildman–Crippen LogP) is 3.29. The van der Waals surface area contributed by atoms with E-state index in [2.05, 4.69) is 38.0 Å². The van der Waals surface area contributed by atoms with Gasteiger partial charge in [0.25, 0.3) is 0 Å². The summed E-state index contributed by atoms with van der Waals surface area (Å²) in [5.41, 5.74) is 1.14. The zero-order valence-corrected chi connectivity index (χ0v) is 12.4. The fraction of sp³-hybridized carbons (Fsp3) is 0.769. The molecular weight excluding hydrogens is 232 g/mol. The van der Waals surface area contributed by atoms with Crippen LogP contribution in [0.5, 0.6) is 0 Å². The van der Waals surface area contributed by atoms with Crippen LogP contribution in [0.4, 0.5) is 0 Å². The van der Waals surface area contributed by atoms with Crippen LogP contribution in [0.2, 0.25) is 0 Å². The molecule has 0 radical (unpaired) electrons. The minimum Gasteiger partial charge on any atom is -0.371 e. The van der Waals surface area contributed by atoms with Gasteiger partial charge in [-0.05, 0) is 26.3 Å². The fourth-order valence-electron chi connectivity index (χ4n) is 1.70. The summed E-state index contributed by atoms with van der Waals surface area (Å²) in [6.07, 6.45) is 0.138. The third-order valence-corrected chi connectivity index (χ3v) is 3.86. The first-order valence-electron chi connectivity index (χ1n) is 6.38. The van der Waals surface area contributed by atoms with Gasteiger partial charge in [-0.1, -0.05) is 20.8 Å². The topological polar surface area (TPSA) is 34.1 Å². The van der Waals surface area contributed by atoms with E-state index in [0.29, 0.717) is 5.92 Å². The molecule has 0 aliphatic heterocycles. The van der Waals surface area contributed by atoms with Crippen LogP contribution in [0.3, 0.4) is 0 Å². The lowest BCUT2D eigenvalue weighted by Gasteiger charge is -2.18. The average Bonchev–Trinajstić information content (AvgIpc) is 2.64. The smallest absolute Gasteiger partial charge is 0.122 e. The molecule has 0 spiro atoms. The number of aromatic nitrogens is 1. The molecule has 0 aliphatic rings. The lowest BCUT2D eigenvalue weighted by molar-refractivity contribution is 0.0292. The van der Waals surface area contributed by atoms with Crippen molar-refractivity contribution >= 4 is 11.3 Å². The lowest BCUT2D eigenvalue weighted by atomic mass is 10.1. The van der Waals surface area contributed by atoms with Gasteiger partial charge in [0.2, 0.25) is 0 Å². The molecule has 1 unspecified atom stereocenters. The van der Waals surface area contributed by atoms with Crippen LogP contribution >= 0.6 is 11.3 Å². The van der Waals surface area contributed by atoms with Gasteiger partial charge in [0.05, 0.1) is 5.69 Å². The number of aryl methyl sites for hydroxylation is 1. The third kappa shape index (κ3) is 4.05. The molecule has 17 heavy (non-hydrogen) atoms. The van der Waals surface area contributed by atoms with Gasteiger partial charge in [-0.2, -0.15) is 0 Å². The molecule has 3 nitrogen and oxygen atoms in total. The molecule has 0 fully saturated rings. The molecule has 0 saturated carbocycles. The lowest BCUT2D eigenvalue weighted by Crippen LogP contribution is -2.11. The van der Waals surface area contributed by atoms with Crippen molar-refractivity contribution in [2.24, 2.45) is 5.92 Å². The first kappa shape index (κ1) is 14.6. The maximum atomic E-state index is 5.79. The first-order chi connectivity index (χ1) is 8.10. The van der Waals surface area contributed by atoms with Crippen molar-refractivity contribution in [2.75, 3.05) is 13.2 Å². The number of ether oxygens (including phenoxy) is 1. The number of nitrogens with one attached hydrogen (secondary N) is 1. The SMILES string of the molecule is CCNCc1sc(C(OCC)C(C)C)nc1C. The summed E-state index contributed by atoms with van der Waals surface area (Å²) in [6.45, 7) is 13.2. The molecule has 1 rings (SSSR count). The molecule has 0 aliphatic carbocycles. The van der Waals surface area contributed by atoms with Crippen molar-refractivity contribution in [3.8, 4) is 0 Å². The normalized spacial score (nSPS) is 13.3. The van der Waals surface area contributed by atoms with E-state index < -0.39 is 0 Å². The zero-order valence-electron chi connectivity index (χ0n) is 11.5. The molecule has 98 valence electrons. The Morgan fingerprint density at radius 1 is 1.35 bits per heavy atom. The summed E-state index contributed by atoms with van der Waals surface area (Å²) in [6, 6.07) is 0. The van der Waals surface area contributed by atoms with Gasteiger partial charge < -0.3 is 10.1 Å². The molecule has 1 aromatic rings. The molecule has 0 bridgehead atoms. The summed E-state index contributed by atoms with van der Waals surface area (Å²) >= 11 is 1.78. The van der Waals surface area contributed by atoms with Gasteiger partial charge in [0, 0.05) is 18.0 Å². The molecule has 0 aromatic carbocycles. The highest BCUT2D eigenvalue weighted by Crippen LogP contribution is 2.31. The molecule has 0 amide bonds. The van der Waals surface area contributed by atoms with E-state index >= 15 is 0 Å². The molecule has 0 saturated heterocycles. The van der Waals surface area contributed by atoms with Crippen LogP contribution in [0.15, 0.2) is 0 Å². The summed E-state index contributed by atoms with van der Waals surface area (Å²) < 4.78 is 5.79. The summed E-state index contributed by atoms with van der Waals surface area (Å²) in [4.78, 5) is 5.98. The van der Waals surface area contributed by atoms with E-state index in [9.17, 15) is 0 Å². The van der Waals surface area contributed by atoms with E-state index in [1.54, 1.807) is 11.3 Å². The highest BCUT2D eigenvalue weighted by Gasteiger charge is 2.21. The fourth-order valence-corrected chi connectivity index (χ4v) is 2.96. The molecule has 4 heteroatoms. The average molecular weight is 256 g/mol. The molecule has 1 heterocycles. The summed E-state index contributed by atoms with van der Waals surface area (Å²) in [5.74, 6) is 0.465. The molecule has 1 N–H and O–H groups in total. The minimum atomic E-state index is 0.138. The Morgan fingerprint density at radius 3 is 2.59 bits per heavy atom. The Hall–Kier alpha value is -0.450. The van der Waals surface area contributed by atoms with Crippen molar-refractivity contribution in [1.82, 2.24) is 10.3 Å². The third-order valence-electron chi connectivity index (χ3n) is 2.64. The monoisotopic (exact) mass is 256 g/mol. The van der Waals surface area contributed by atoms with Crippen LogP contribution in [-0.4, -0.2) is 18.1 Å². The minimum absolute atomic E-state index is 0.138. The van der Waals surface area contributed by atoms with Crippen molar-refractivity contribution in [1.29, 1.82) is 0 Å². The van der Waals surface area contributed by atoms with Crippen LogP contribution in [0.25, 0.3) is 0 Å². The quantitative estimate of drug-likeness (QED) is 0.813. The largest absolute Gasteiger partial charge is 0.371 e. The van der Waals surface area contributed by atoms with E-state index in [1.807, 2.05) is 6.92 Å². The summed E-state index contributed by atoms with van der Waals surface area (Å²) in [5, 5.41) is 4.47. The Bertz CT molecular complexity index is 336. The van der Waals surface area contributed by atoms with Gasteiger partial charge in [0.15, 0.2) is 0 Å². The van der Waals surface area contributed by atoms with E-state index in [-0.39, 0.29) is 6.10 Å². The van der Waals surface area contributed by atoms with E-state index in [4.69, 9.17) is 4.74 Å². The van der Waals surface area contributed by atoms with Gasteiger partial charge >= 0.3 is 0 Å². The molecular formula is C13H24N2OS. The highest BCUT2D eigenvalue weighted by molar-refractivity contribution is 7.11. The number of hydrogen-bond acceptors (Lipinski definition) is 4. The van der Waals surface area contributed by atoms with Gasteiger partial charge in [-0.15, -0.1) is 11.3 Å². The molecule has 1 atom stereocenters. The Balaban J connectivity index is 2.82. The second-order valence-corrected chi connectivity index (χ2v) is 5.58. The van der Waals surface area contributed by atoms with E-state index in [1.165, 1.54) is 4.88 Å². The Morgan fingerprint density at radius 2 is 2.06 bits per heavy atom. The Labute approximate surface area is 109 Å².